The summed E-state index contributed by atoms with van der Waals surface area (Å²) in [6.07, 6.45) is 0.672. The minimum absolute atomic E-state index is 0.00565. The van der Waals surface area contributed by atoms with Gasteiger partial charge >= 0.3 is 5.69 Å². The third-order valence-corrected chi connectivity index (χ3v) is 5.18. The molecule has 9 nitrogen and oxygen atoms in total. The van der Waals surface area contributed by atoms with E-state index in [-0.39, 0.29) is 29.1 Å². The summed E-state index contributed by atoms with van der Waals surface area (Å²) >= 11 is 0. The molecule has 3 aromatic rings. The molecule has 0 aliphatic rings. The maximum absolute atomic E-state index is 13.2. The molecule has 32 heavy (non-hydrogen) atoms. The Labute approximate surface area is 185 Å². The average molecular weight is 441 g/mol. The molecule has 0 saturated heterocycles. The number of carbonyl (C=O) groups is 1. The molecule has 0 aliphatic heterocycles. The van der Waals surface area contributed by atoms with E-state index in [4.69, 9.17) is 9.47 Å². The summed E-state index contributed by atoms with van der Waals surface area (Å²) in [5.41, 5.74) is 0.563. The molecule has 3 rings (SSSR count). The normalized spacial score (nSPS) is 11.1. The lowest BCUT2D eigenvalue weighted by Crippen LogP contribution is -2.33. The highest BCUT2D eigenvalue weighted by molar-refractivity contribution is 6.05. The molecule has 0 spiro atoms. The van der Waals surface area contributed by atoms with Crippen LogP contribution in [0.1, 0.15) is 54.7 Å². The van der Waals surface area contributed by atoms with Crippen molar-refractivity contribution < 1.29 is 14.3 Å². The summed E-state index contributed by atoms with van der Waals surface area (Å²) in [5, 5.41) is 2.95. The number of aryl methyl sites for hydroxylation is 1. The van der Waals surface area contributed by atoms with Gasteiger partial charge in [-0.1, -0.05) is 20.8 Å². The zero-order chi connectivity index (χ0) is 23.4. The van der Waals surface area contributed by atoms with Crippen LogP contribution in [-0.4, -0.2) is 34.7 Å². The predicted molar refractivity (Wildman–Crippen MR) is 122 cm³/mol. The second-order valence-electron chi connectivity index (χ2n) is 7.72. The SMILES string of the molecule is CCCn1c(=O)[nH]c(=O)c2c(C(=O)NCc3cc(OC)ccc3OC)cc(C(C)C)nc21. The molecule has 0 saturated carbocycles. The fraction of sp³-hybridized carbons (Fsp3) is 0.391. The van der Waals surface area contributed by atoms with Gasteiger partial charge in [0.05, 0.1) is 25.2 Å². The number of nitrogens with zero attached hydrogens (tertiary/aromatic N) is 2. The van der Waals surface area contributed by atoms with Gasteiger partial charge in [0.25, 0.3) is 11.5 Å². The number of fused-ring (bicyclic) bond motifs is 1. The van der Waals surface area contributed by atoms with Gasteiger partial charge in [0.1, 0.15) is 11.5 Å². The van der Waals surface area contributed by atoms with Gasteiger partial charge in [0, 0.05) is 24.3 Å². The number of hydrogen-bond donors (Lipinski definition) is 2. The van der Waals surface area contributed by atoms with Gasteiger partial charge < -0.3 is 14.8 Å². The first-order valence-electron chi connectivity index (χ1n) is 10.5. The maximum Gasteiger partial charge on any atom is 0.329 e. The topological polar surface area (TPSA) is 115 Å². The van der Waals surface area contributed by atoms with Crippen molar-refractivity contribution in [2.75, 3.05) is 14.2 Å². The van der Waals surface area contributed by atoms with Crippen molar-refractivity contribution in [2.45, 2.75) is 46.2 Å². The Bertz CT molecular complexity index is 1260. The van der Waals surface area contributed by atoms with E-state index in [0.717, 1.165) is 5.56 Å². The van der Waals surface area contributed by atoms with E-state index in [2.05, 4.69) is 15.3 Å². The first-order chi connectivity index (χ1) is 15.3. The van der Waals surface area contributed by atoms with Gasteiger partial charge in [-0.2, -0.15) is 0 Å². The molecule has 1 amide bonds. The molecule has 2 heterocycles. The number of pyridine rings is 1. The summed E-state index contributed by atoms with van der Waals surface area (Å²) in [5.74, 6) is 0.778. The van der Waals surface area contributed by atoms with Gasteiger partial charge in [0.15, 0.2) is 5.65 Å². The highest BCUT2D eigenvalue weighted by atomic mass is 16.5. The van der Waals surface area contributed by atoms with Gasteiger partial charge in [-0.15, -0.1) is 0 Å². The molecule has 0 radical (unpaired) electrons. The summed E-state index contributed by atoms with van der Waals surface area (Å²) in [6, 6.07) is 6.91. The third kappa shape index (κ3) is 4.51. The van der Waals surface area contributed by atoms with Crippen molar-refractivity contribution in [3.63, 3.8) is 0 Å². The standard InChI is InChI=1S/C23H28N4O5/c1-6-9-27-20-19(22(29)26-23(27)30)16(11-17(25-20)13(2)3)21(28)24-12-14-10-15(31-4)7-8-18(14)32-5/h7-8,10-11,13H,6,9,12H2,1-5H3,(H,24,28)(H,26,29,30). The highest BCUT2D eigenvalue weighted by Gasteiger charge is 2.20. The number of methoxy groups -OCH3 is 2. The fourth-order valence-electron chi connectivity index (χ4n) is 3.49. The smallest absolute Gasteiger partial charge is 0.329 e. The number of H-pyrrole nitrogens is 1. The van der Waals surface area contributed by atoms with Gasteiger partial charge in [-0.3, -0.25) is 19.1 Å². The van der Waals surface area contributed by atoms with Crippen LogP contribution in [0.15, 0.2) is 33.9 Å². The van der Waals surface area contributed by atoms with Crippen molar-refractivity contribution in [2.24, 2.45) is 0 Å². The van der Waals surface area contributed by atoms with Gasteiger partial charge in [0.2, 0.25) is 0 Å². The lowest BCUT2D eigenvalue weighted by molar-refractivity contribution is 0.0952. The molecular formula is C23H28N4O5. The monoisotopic (exact) mass is 440 g/mol. The van der Waals surface area contributed by atoms with Crippen LogP contribution < -0.4 is 26.0 Å². The van der Waals surface area contributed by atoms with E-state index in [1.165, 1.54) is 4.57 Å². The Kier molecular flexibility index (Phi) is 6.97. The summed E-state index contributed by atoms with van der Waals surface area (Å²) in [7, 11) is 3.10. The Morgan fingerprint density at radius 2 is 1.94 bits per heavy atom. The molecule has 0 bridgehead atoms. The number of ether oxygens (including phenoxy) is 2. The number of aromatic nitrogens is 3. The second-order valence-corrected chi connectivity index (χ2v) is 7.72. The zero-order valence-electron chi connectivity index (χ0n) is 18.9. The first-order valence-corrected chi connectivity index (χ1v) is 10.5. The molecule has 170 valence electrons. The molecule has 0 fully saturated rings. The molecule has 2 aromatic heterocycles. The Balaban J connectivity index is 2.10. The van der Waals surface area contributed by atoms with Crippen LogP contribution in [0, 0.1) is 0 Å². The molecule has 1 aromatic carbocycles. The van der Waals surface area contributed by atoms with Crippen LogP contribution in [0.4, 0.5) is 0 Å². The van der Waals surface area contributed by atoms with E-state index < -0.39 is 17.2 Å². The van der Waals surface area contributed by atoms with E-state index >= 15 is 0 Å². The predicted octanol–water partition coefficient (Wildman–Crippen LogP) is 2.57. The number of amides is 1. The van der Waals surface area contributed by atoms with Crippen LogP contribution >= 0.6 is 0 Å². The van der Waals surface area contributed by atoms with E-state index in [1.54, 1.807) is 38.5 Å². The van der Waals surface area contributed by atoms with E-state index in [9.17, 15) is 14.4 Å². The average Bonchev–Trinajstić information content (AvgIpc) is 2.78. The van der Waals surface area contributed by atoms with Crippen LogP contribution in [0.5, 0.6) is 11.5 Å². The quantitative estimate of drug-likeness (QED) is 0.556. The summed E-state index contributed by atoms with van der Waals surface area (Å²) in [4.78, 5) is 45.2. The third-order valence-electron chi connectivity index (χ3n) is 5.18. The Morgan fingerprint density at radius 3 is 2.56 bits per heavy atom. The second kappa shape index (κ2) is 9.67. The minimum atomic E-state index is -0.635. The first kappa shape index (κ1) is 23.1. The summed E-state index contributed by atoms with van der Waals surface area (Å²) in [6.45, 7) is 6.33. The van der Waals surface area contributed by atoms with Crippen LogP contribution in [0.3, 0.4) is 0 Å². The lowest BCUT2D eigenvalue weighted by atomic mass is 10.0. The number of benzene rings is 1. The van der Waals surface area contributed by atoms with Crippen molar-refractivity contribution in [1.82, 2.24) is 19.9 Å². The van der Waals surface area contributed by atoms with E-state index in [1.807, 2.05) is 20.8 Å². The Hall–Kier alpha value is -3.62. The number of carbonyl (C=O) groups excluding carboxylic acids is 1. The molecule has 2 N–H and O–H groups in total. The number of hydrogen-bond acceptors (Lipinski definition) is 6. The van der Waals surface area contributed by atoms with Crippen LogP contribution in [0.25, 0.3) is 11.0 Å². The van der Waals surface area contributed by atoms with E-state index in [0.29, 0.717) is 30.2 Å². The van der Waals surface area contributed by atoms with Crippen molar-refractivity contribution in [1.29, 1.82) is 0 Å². The number of rotatable bonds is 8. The lowest BCUT2D eigenvalue weighted by Gasteiger charge is -2.15. The van der Waals surface area contributed by atoms with Crippen LogP contribution in [0.2, 0.25) is 0 Å². The van der Waals surface area contributed by atoms with Gasteiger partial charge in [-0.25, -0.2) is 9.78 Å². The minimum Gasteiger partial charge on any atom is -0.497 e. The molecule has 0 aliphatic carbocycles. The van der Waals surface area contributed by atoms with Crippen LogP contribution in [-0.2, 0) is 13.1 Å². The fourth-order valence-corrected chi connectivity index (χ4v) is 3.49. The number of nitrogens with one attached hydrogen (secondary N) is 2. The zero-order valence-corrected chi connectivity index (χ0v) is 18.9. The Morgan fingerprint density at radius 1 is 1.19 bits per heavy atom. The van der Waals surface area contributed by atoms with Crippen molar-refractivity contribution >= 4 is 16.9 Å². The van der Waals surface area contributed by atoms with Crippen molar-refractivity contribution in [3.8, 4) is 11.5 Å². The summed E-state index contributed by atoms with van der Waals surface area (Å²) < 4.78 is 12.0. The van der Waals surface area contributed by atoms with Gasteiger partial charge in [-0.05, 0) is 36.6 Å². The maximum atomic E-state index is 13.2. The molecule has 0 unspecified atom stereocenters. The molecular weight excluding hydrogens is 412 g/mol. The number of aromatic amines is 1. The molecule has 0 atom stereocenters. The largest absolute Gasteiger partial charge is 0.497 e. The highest BCUT2D eigenvalue weighted by Crippen LogP contribution is 2.24. The van der Waals surface area contributed by atoms with Crippen molar-refractivity contribution in [3.05, 3.63) is 61.9 Å². The molecule has 9 heteroatoms.